The molecule has 8 nitrogen and oxygen atoms in total. The molecule has 1 fully saturated rings. The fourth-order valence-corrected chi connectivity index (χ4v) is 3.04. The molecule has 132 valence electrons. The molecule has 2 aromatic rings. The van der Waals surface area contributed by atoms with Crippen molar-refractivity contribution in [2.75, 3.05) is 26.2 Å². The van der Waals surface area contributed by atoms with Crippen LogP contribution in [-0.4, -0.2) is 58.3 Å². The van der Waals surface area contributed by atoms with E-state index in [0.717, 1.165) is 21.5 Å². The molecule has 0 unspecified atom stereocenters. The molecule has 0 bridgehead atoms. The van der Waals surface area contributed by atoms with Crippen molar-refractivity contribution in [1.82, 2.24) is 25.3 Å². The van der Waals surface area contributed by atoms with Gasteiger partial charge in [0.2, 0.25) is 5.69 Å². The monoisotopic (exact) mass is 342 g/mol. The van der Waals surface area contributed by atoms with Gasteiger partial charge in [-0.05, 0) is 31.9 Å². The number of rotatable bonds is 3. The summed E-state index contributed by atoms with van der Waals surface area (Å²) in [6.07, 6.45) is 1.61. The van der Waals surface area contributed by atoms with Crippen LogP contribution in [0.4, 0.5) is 0 Å². The Morgan fingerprint density at radius 3 is 2.48 bits per heavy atom. The largest absolute Gasteiger partial charge is 0.335 e. The summed E-state index contributed by atoms with van der Waals surface area (Å²) < 4.78 is 0. The molecule has 0 saturated carbocycles. The van der Waals surface area contributed by atoms with Gasteiger partial charge < -0.3 is 10.2 Å². The first kappa shape index (κ1) is 17.1. The van der Waals surface area contributed by atoms with Crippen molar-refractivity contribution >= 4 is 12.1 Å². The molecule has 2 N–H and O–H groups in total. The van der Waals surface area contributed by atoms with E-state index in [9.17, 15) is 9.59 Å². The van der Waals surface area contributed by atoms with Crippen LogP contribution in [0.1, 0.15) is 32.7 Å². The van der Waals surface area contributed by atoms with E-state index in [-0.39, 0.29) is 11.6 Å². The Bertz CT molecular complexity index is 850. The van der Waals surface area contributed by atoms with Gasteiger partial charge in [0.1, 0.15) is 0 Å². The number of hydrogen-bond acceptors (Lipinski definition) is 5. The van der Waals surface area contributed by atoms with Gasteiger partial charge in [-0.1, -0.05) is 17.7 Å². The molecule has 2 heterocycles. The normalized spacial score (nSPS) is 15.1. The SMILES string of the molecule is Cc1cc(C)c(C=Nn2[nH]nc(C(=O)N3CCNCC3)c2=O)c(C)c1. The van der Waals surface area contributed by atoms with Crippen LogP contribution in [0.2, 0.25) is 0 Å². The molecule has 3 rings (SSSR count). The van der Waals surface area contributed by atoms with Gasteiger partial charge in [0, 0.05) is 31.7 Å². The fraction of sp³-hybridized carbons (Fsp3) is 0.412. The number of nitrogens with zero attached hydrogens (tertiary/aromatic N) is 4. The lowest BCUT2D eigenvalue weighted by Crippen LogP contribution is -2.47. The quantitative estimate of drug-likeness (QED) is 0.791. The maximum absolute atomic E-state index is 12.4. The number of carbonyl (C=O) groups is 1. The van der Waals surface area contributed by atoms with Crippen LogP contribution in [-0.2, 0) is 0 Å². The number of amides is 1. The Morgan fingerprint density at radius 1 is 1.20 bits per heavy atom. The van der Waals surface area contributed by atoms with Gasteiger partial charge in [-0.2, -0.15) is 10.3 Å². The molecule has 1 aromatic heterocycles. The van der Waals surface area contributed by atoms with E-state index in [1.807, 2.05) is 20.8 Å². The molecule has 0 spiro atoms. The predicted octanol–water partition coefficient (Wildman–Crippen LogP) is 0.424. The molecular weight excluding hydrogens is 320 g/mol. The highest BCUT2D eigenvalue weighted by molar-refractivity contribution is 5.92. The third-order valence-corrected chi connectivity index (χ3v) is 4.30. The summed E-state index contributed by atoms with van der Waals surface area (Å²) in [7, 11) is 0. The van der Waals surface area contributed by atoms with Crippen molar-refractivity contribution < 1.29 is 4.79 Å². The summed E-state index contributed by atoms with van der Waals surface area (Å²) in [4.78, 5) is 27.4. The van der Waals surface area contributed by atoms with E-state index in [2.05, 4.69) is 32.9 Å². The lowest BCUT2D eigenvalue weighted by molar-refractivity contribution is 0.0728. The number of aromatic nitrogens is 3. The summed E-state index contributed by atoms with van der Waals surface area (Å²) in [5, 5.41) is 13.7. The Hall–Kier alpha value is -2.74. The van der Waals surface area contributed by atoms with Crippen LogP contribution in [0.5, 0.6) is 0 Å². The first-order chi connectivity index (χ1) is 12.0. The third-order valence-electron chi connectivity index (χ3n) is 4.30. The number of nitrogens with one attached hydrogen (secondary N) is 2. The van der Waals surface area contributed by atoms with Crippen LogP contribution >= 0.6 is 0 Å². The number of hydrogen-bond donors (Lipinski definition) is 2. The summed E-state index contributed by atoms with van der Waals surface area (Å²) in [5.74, 6) is -0.362. The summed E-state index contributed by atoms with van der Waals surface area (Å²) >= 11 is 0. The van der Waals surface area contributed by atoms with Crippen molar-refractivity contribution in [2.45, 2.75) is 20.8 Å². The second-order valence-corrected chi connectivity index (χ2v) is 6.28. The number of piperazine rings is 1. The number of H-pyrrole nitrogens is 1. The highest BCUT2D eigenvalue weighted by Gasteiger charge is 2.24. The fourth-order valence-electron chi connectivity index (χ4n) is 3.04. The van der Waals surface area contributed by atoms with Crippen LogP contribution in [0.25, 0.3) is 0 Å². The standard InChI is InChI=1S/C17H22N6O2/c1-11-8-12(2)14(13(3)9-11)10-19-23-17(25)15(20-21-23)16(24)22-6-4-18-5-7-22/h8-10,18,21H,4-7H2,1-3H3. The smallest absolute Gasteiger partial charge is 0.320 e. The van der Waals surface area contributed by atoms with E-state index in [1.165, 1.54) is 5.56 Å². The van der Waals surface area contributed by atoms with Crippen LogP contribution in [0.3, 0.4) is 0 Å². The number of aryl methyl sites for hydroxylation is 3. The number of benzene rings is 1. The number of aromatic amines is 1. The highest BCUT2D eigenvalue weighted by Crippen LogP contribution is 2.14. The average molecular weight is 342 g/mol. The van der Waals surface area contributed by atoms with Crippen LogP contribution in [0, 0.1) is 20.8 Å². The van der Waals surface area contributed by atoms with Crippen molar-refractivity contribution in [1.29, 1.82) is 0 Å². The van der Waals surface area contributed by atoms with Gasteiger partial charge >= 0.3 is 5.56 Å². The van der Waals surface area contributed by atoms with Gasteiger partial charge in [-0.3, -0.25) is 9.59 Å². The highest BCUT2D eigenvalue weighted by atomic mass is 16.2. The Balaban J connectivity index is 1.84. The molecule has 1 aromatic carbocycles. The zero-order chi connectivity index (χ0) is 18.0. The molecule has 1 aliphatic heterocycles. The zero-order valence-electron chi connectivity index (χ0n) is 14.7. The maximum Gasteiger partial charge on any atom is 0.320 e. The van der Waals surface area contributed by atoms with Gasteiger partial charge in [0.05, 0.1) is 6.21 Å². The van der Waals surface area contributed by atoms with Gasteiger partial charge in [0.25, 0.3) is 5.91 Å². The topological polar surface area (TPSA) is 95.4 Å². The first-order valence-electron chi connectivity index (χ1n) is 8.27. The van der Waals surface area contributed by atoms with Crippen molar-refractivity contribution in [2.24, 2.45) is 5.10 Å². The second-order valence-electron chi connectivity index (χ2n) is 6.28. The molecule has 25 heavy (non-hydrogen) atoms. The second kappa shape index (κ2) is 7.02. The predicted molar refractivity (Wildman–Crippen MR) is 95.3 cm³/mol. The molecule has 8 heteroatoms. The van der Waals surface area contributed by atoms with Crippen molar-refractivity contribution in [3.05, 3.63) is 50.4 Å². The number of carbonyl (C=O) groups excluding carboxylic acids is 1. The Morgan fingerprint density at radius 2 is 1.84 bits per heavy atom. The molecule has 1 aliphatic rings. The Labute approximate surface area is 145 Å². The minimum atomic E-state index is -0.540. The van der Waals surface area contributed by atoms with Gasteiger partial charge in [-0.15, -0.1) is 9.89 Å². The lowest BCUT2D eigenvalue weighted by Gasteiger charge is -2.26. The third kappa shape index (κ3) is 3.53. The van der Waals surface area contributed by atoms with Crippen LogP contribution < -0.4 is 10.9 Å². The molecule has 0 radical (unpaired) electrons. The first-order valence-corrected chi connectivity index (χ1v) is 8.27. The van der Waals surface area contributed by atoms with E-state index in [1.54, 1.807) is 11.1 Å². The minimum absolute atomic E-state index is 0.128. The van der Waals surface area contributed by atoms with Crippen molar-refractivity contribution in [3.8, 4) is 0 Å². The molecule has 1 amide bonds. The van der Waals surface area contributed by atoms with Crippen LogP contribution in [0.15, 0.2) is 22.0 Å². The summed E-state index contributed by atoms with van der Waals surface area (Å²) in [6, 6.07) is 4.12. The van der Waals surface area contributed by atoms with E-state index < -0.39 is 5.56 Å². The summed E-state index contributed by atoms with van der Waals surface area (Å²) in [5.41, 5.74) is 3.60. The van der Waals surface area contributed by atoms with Gasteiger partial charge in [-0.25, -0.2) is 0 Å². The Kier molecular flexibility index (Phi) is 4.80. The van der Waals surface area contributed by atoms with Crippen molar-refractivity contribution in [3.63, 3.8) is 0 Å². The molecule has 1 saturated heterocycles. The molecule has 0 aliphatic carbocycles. The zero-order valence-corrected chi connectivity index (χ0v) is 14.7. The van der Waals surface area contributed by atoms with E-state index in [0.29, 0.717) is 26.2 Å². The lowest BCUT2D eigenvalue weighted by atomic mass is 10.0. The van der Waals surface area contributed by atoms with E-state index in [4.69, 9.17) is 0 Å². The maximum atomic E-state index is 12.4. The van der Waals surface area contributed by atoms with Gasteiger partial charge in [0.15, 0.2) is 0 Å². The average Bonchev–Trinajstić information content (AvgIpc) is 2.95. The van der Waals surface area contributed by atoms with E-state index >= 15 is 0 Å². The molecule has 0 atom stereocenters. The minimum Gasteiger partial charge on any atom is -0.335 e. The molecular formula is C17H22N6O2. The summed E-state index contributed by atoms with van der Waals surface area (Å²) in [6.45, 7) is 8.59.